The summed E-state index contributed by atoms with van der Waals surface area (Å²) >= 11 is 0. The third-order valence-corrected chi connectivity index (χ3v) is 3.83. The molecule has 1 aromatic carbocycles. The first-order valence-corrected chi connectivity index (χ1v) is 7.04. The van der Waals surface area contributed by atoms with Gasteiger partial charge >= 0.3 is 0 Å². The Kier molecular flexibility index (Phi) is 9.88. The lowest BCUT2D eigenvalue weighted by molar-refractivity contribution is 0.165. The molecule has 0 amide bonds. The fraction of sp³-hybridized carbons (Fsp3) is 0.500. The molecule has 1 saturated heterocycles. The van der Waals surface area contributed by atoms with E-state index in [9.17, 15) is 4.39 Å². The molecule has 0 bridgehead atoms. The summed E-state index contributed by atoms with van der Waals surface area (Å²) in [6.07, 6.45) is 4.01. The molecule has 0 aliphatic carbocycles. The summed E-state index contributed by atoms with van der Waals surface area (Å²) in [5, 5.41) is 3.38. The summed E-state index contributed by atoms with van der Waals surface area (Å²) in [6, 6.07) is 5.53. The number of halogens is 3. The lowest BCUT2D eigenvalue weighted by Gasteiger charge is -2.36. The number of rotatable bonds is 5. The Hall–Kier alpha value is -0.610. The van der Waals surface area contributed by atoms with E-state index in [2.05, 4.69) is 16.8 Å². The van der Waals surface area contributed by atoms with Crippen molar-refractivity contribution in [2.24, 2.45) is 0 Å². The topological polar surface area (TPSA) is 15.3 Å². The first kappa shape index (κ1) is 20.4. The zero-order valence-corrected chi connectivity index (χ0v) is 14.1. The quantitative estimate of drug-likeness (QED) is 0.822. The zero-order chi connectivity index (χ0) is 13.7. The van der Waals surface area contributed by atoms with Gasteiger partial charge in [0.05, 0.1) is 0 Å². The Bertz CT molecular complexity index is 434. The average Bonchev–Trinajstić information content (AvgIpc) is 2.42. The van der Waals surface area contributed by atoms with Gasteiger partial charge in [-0.05, 0) is 43.0 Å². The minimum Gasteiger partial charge on any atom is -0.314 e. The molecule has 0 saturated carbocycles. The molecule has 1 fully saturated rings. The Labute approximate surface area is 139 Å². The van der Waals surface area contributed by atoms with Crippen LogP contribution in [0.1, 0.15) is 30.0 Å². The fourth-order valence-electron chi connectivity index (χ4n) is 2.82. The van der Waals surface area contributed by atoms with E-state index in [1.807, 2.05) is 19.1 Å². The monoisotopic (exact) mass is 334 g/mol. The maximum Gasteiger partial charge on any atom is 0.123 e. The molecule has 5 heteroatoms. The van der Waals surface area contributed by atoms with E-state index in [1.54, 1.807) is 12.1 Å². The third-order valence-electron chi connectivity index (χ3n) is 3.83. The predicted octanol–water partition coefficient (Wildman–Crippen LogP) is 3.89. The average molecular weight is 335 g/mol. The van der Waals surface area contributed by atoms with Gasteiger partial charge in [-0.25, -0.2) is 4.39 Å². The molecular weight excluding hydrogens is 310 g/mol. The van der Waals surface area contributed by atoms with Gasteiger partial charge in [-0.2, -0.15) is 0 Å². The zero-order valence-electron chi connectivity index (χ0n) is 12.5. The SMILES string of the molecule is C=CCC[C@H](c1ccc(F)cc1C)N1CCNCC1.Cl.Cl. The van der Waals surface area contributed by atoms with Crippen LogP contribution in [0.5, 0.6) is 0 Å². The minimum absolute atomic E-state index is 0. The molecule has 0 spiro atoms. The molecule has 1 atom stereocenters. The van der Waals surface area contributed by atoms with Crippen molar-refractivity contribution in [3.63, 3.8) is 0 Å². The summed E-state index contributed by atoms with van der Waals surface area (Å²) in [5.41, 5.74) is 2.30. The maximum absolute atomic E-state index is 13.3. The number of aryl methyl sites for hydroxylation is 1. The second-order valence-electron chi connectivity index (χ2n) is 5.17. The summed E-state index contributed by atoms with van der Waals surface area (Å²) in [7, 11) is 0. The highest BCUT2D eigenvalue weighted by atomic mass is 35.5. The Balaban J connectivity index is 0.00000200. The van der Waals surface area contributed by atoms with Crippen LogP contribution in [0.3, 0.4) is 0 Å². The molecule has 1 heterocycles. The smallest absolute Gasteiger partial charge is 0.123 e. The van der Waals surface area contributed by atoms with Crippen LogP contribution < -0.4 is 5.32 Å². The Morgan fingerprint density at radius 1 is 1.33 bits per heavy atom. The summed E-state index contributed by atoms with van der Waals surface area (Å²) in [6.45, 7) is 9.99. The molecule has 2 nitrogen and oxygen atoms in total. The largest absolute Gasteiger partial charge is 0.314 e. The number of hydrogen-bond donors (Lipinski definition) is 1. The van der Waals surface area contributed by atoms with Gasteiger partial charge in [0.2, 0.25) is 0 Å². The highest BCUT2D eigenvalue weighted by Crippen LogP contribution is 2.29. The van der Waals surface area contributed by atoms with Crippen molar-refractivity contribution in [2.75, 3.05) is 26.2 Å². The van der Waals surface area contributed by atoms with Crippen molar-refractivity contribution < 1.29 is 4.39 Å². The summed E-state index contributed by atoms with van der Waals surface area (Å²) < 4.78 is 13.3. The first-order chi connectivity index (χ1) is 9.22. The molecule has 2 rings (SSSR count). The fourth-order valence-corrected chi connectivity index (χ4v) is 2.82. The van der Waals surface area contributed by atoms with Gasteiger partial charge in [0.25, 0.3) is 0 Å². The van der Waals surface area contributed by atoms with Crippen LogP contribution >= 0.6 is 24.8 Å². The van der Waals surface area contributed by atoms with E-state index in [0.29, 0.717) is 6.04 Å². The van der Waals surface area contributed by atoms with E-state index in [4.69, 9.17) is 0 Å². The number of piperazine rings is 1. The summed E-state index contributed by atoms with van der Waals surface area (Å²) in [4.78, 5) is 2.50. The second-order valence-corrected chi connectivity index (χ2v) is 5.17. The molecule has 1 aromatic rings. The van der Waals surface area contributed by atoms with E-state index in [-0.39, 0.29) is 30.6 Å². The van der Waals surface area contributed by atoms with Gasteiger partial charge in [0, 0.05) is 32.2 Å². The van der Waals surface area contributed by atoms with Crippen LogP contribution in [-0.2, 0) is 0 Å². The number of benzene rings is 1. The maximum atomic E-state index is 13.3. The van der Waals surface area contributed by atoms with Crippen molar-refractivity contribution in [3.05, 3.63) is 47.8 Å². The van der Waals surface area contributed by atoms with Crippen LogP contribution in [0, 0.1) is 12.7 Å². The molecule has 1 aliphatic heterocycles. The van der Waals surface area contributed by atoms with Crippen LogP contribution in [0.25, 0.3) is 0 Å². The van der Waals surface area contributed by atoms with Crippen LogP contribution in [-0.4, -0.2) is 31.1 Å². The van der Waals surface area contributed by atoms with E-state index in [0.717, 1.165) is 44.6 Å². The van der Waals surface area contributed by atoms with Gasteiger partial charge in [0.15, 0.2) is 0 Å². The minimum atomic E-state index is -0.149. The van der Waals surface area contributed by atoms with Crippen molar-refractivity contribution in [2.45, 2.75) is 25.8 Å². The highest BCUT2D eigenvalue weighted by molar-refractivity contribution is 5.85. The predicted molar refractivity (Wildman–Crippen MR) is 92.2 cm³/mol. The van der Waals surface area contributed by atoms with Gasteiger partial charge in [0.1, 0.15) is 5.82 Å². The van der Waals surface area contributed by atoms with E-state index in [1.165, 1.54) is 5.56 Å². The molecule has 1 aliphatic rings. The van der Waals surface area contributed by atoms with Crippen LogP contribution in [0.2, 0.25) is 0 Å². The van der Waals surface area contributed by atoms with E-state index >= 15 is 0 Å². The van der Waals surface area contributed by atoms with Crippen LogP contribution in [0.4, 0.5) is 4.39 Å². The summed E-state index contributed by atoms with van der Waals surface area (Å²) in [5.74, 6) is -0.149. The molecule has 0 aromatic heterocycles. The third kappa shape index (κ3) is 5.59. The van der Waals surface area contributed by atoms with Crippen LogP contribution in [0.15, 0.2) is 30.9 Å². The van der Waals surface area contributed by atoms with Crippen molar-refractivity contribution in [1.82, 2.24) is 10.2 Å². The molecule has 0 radical (unpaired) electrons. The lowest BCUT2D eigenvalue weighted by Crippen LogP contribution is -2.45. The Morgan fingerprint density at radius 3 is 2.57 bits per heavy atom. The second kappa shape index (κ2) is 10.2. The number of hydrogen-bond acceptors (Lipinski definition) is 2. The van der Waals surface area contributed by atoms with Gasteiger partial charge in [-0.15, -0.1) is 31.4 Å². The van der Waals surface area contributed by atoms with Crippen molar-refractivity contribution >= 4 is 24.8 Å². The van der Waals surface area contributed by atoms with Crippen molar-refractivity contribution in [3.8, 4) is 0 Å². The Morgan fingerprint density at radius 2 is 2.00 bits per heavy atom. The lowest BCUT2D eigenvalue weighted by atomic mass is 9.95. The number of allylic oxidation sites excluding steroid dienone is 1. The number of nitrogens with zero attached hydrogens (tertiary/aromatic N) is 1. The standard InChI is InChI=1S/C16H23FN2.2ClH/c1-3-4-5-16(19-10-8-18-9-11-19)15-7-6-14(17)12-13(15)2;;/h3,6-7,12,16,18H,1,4-5,8-11H2,2H3;2*1H/t16-;;/m1../s1. The molecule has 120 valence electrons. The first-order valence-electron chi connectivity index (χ1n) is 7.04. The van der Waals surface area contributed by atoms with Gasteiger partial charge in [-0.1, -0.05) is 12.1 Å². The molecule has 21 heavy (non-hydrogen) atoms. The molecular formula is C16H25Cl2FN2. The molecule has 0 unspecified atom stereocenters. The van der Waals surface area contributed by atoms with Crippen molar-refractivity contribution in [1.29, 1.82) is 0 Å². The molecule has 1 N–H and O–H groups in total. The highest BCUT2D eigenvalue weighted by Gasteiger charge is 2.22. The van der Waals surface area contributed by atoms with Gasteiger partial charge in [-0.3, -0.25) is 4.90 Å². The number of nitrogens with one attached hydrogen (secondary N) is 1. The normalized spacial score (nSPS) is 16.5. The van der Waals surface area contributed by atoms with Gasteiger partial charge < -0.3 is 5.32 Å². The van der Waals surface area contributed by atoms with E-state index < -0.39 is 0 Å².